The Kier molecular flexibility index (Phi) is 2.82. The second-order valence-corrected chi connectivity index (χ2v) is 4.24. The maximum Gasteiger partial charge on any atom is 0.131 e. The first kappa shape index (κ1) is 10.3. The van der Waals surface area contributed by atoms with E-state index in [-0.39, 0.29) is 5.84 Å². The number of rotatable bonds is 4. The highest BCUT2D eigenvalue weighted by molar-refractivity contribution is 6.30. The van der Waals surface area contributed by atoms with Gasteiger partial charge in [0.05, 0.1) is 12.2 Å². The number of nitrogens with one attached hydrogen (secondary N) is 1. The Bertz CT molecular complexity index is 388. The molecule has 2 rings (SSSR count). The van der Waals surface area contributed by atoms with Crippen LogP contribution in [0.15, 0.2) is 18.2 Å². The van der Waals surface area contributed by atoms with Crippen molar-refractivity contribution in [3.63, 3.8) is 0 Å². The molecule has 0 spiro atoms. The normalized spacial score (nSPS) is 15.0. The minimum Gasteiger partial charge on any atom is -0.492 e. The van der Waals surface area contributed by atoms with Crippen LogP contribution in [0.4, 0.5) is 0 Å². The highest BCUT2D eigenvalue weighted by Gasteiger charge is 2.22. The van der Waals surface area contributed by atoms with Gasteiger partial charge in [-0.3, -0.25) is 5.41 Å². The Labute approximate surface area is 93.7 Å². The SMILES string of the molecule is N=C(N)c1ccc(Cl)cc1OCC1CC1. The lowest BCUT2D eigenvalue weighted by atomic mass is 10.2. The van der Waals surface area contributed by atoms with E-state index in [1.54, 1.807) is 18.2 Å². The summed E-state index contributed by atoms with van der Waals surface area (Å²) in [5, 5.41) is 8.01. The van der Waals surface area contributed by atoms with Crippen molar-refractivity contribution < 1.29 is 4.74 Å². The Hall–Kier alpha value is -1.22. The minimum atomic E-state index is 0.0115. The molecule has 3 N–H and O–H groups in total. The first-order valence-corrected chi connectivity index (χ1v) is 5.31. The highest BCUT2D eigenvalue weighted by Crippen LogP contribution is 2.31. The van der Waals surface area contributed by atoms with Gasteiger partial charge in [-0.1, -0.05) is 11.6 Å². The van der Waals surface area contributed by atoms with E-state index in [0.717, 1.165) is 0 Å². The topological polar surface area (TPSA) is 59.1 Å². The van der Waals surface area contributed by atoms with E-state index in [4.69, 9.17) is 27.5 Å². The number of nitrogen functional groups attached to an aromatic ring is 1. The molecule has 0 aliphatic heterocycles. The summed E-state index contributed by atoms with van der Waals surface area (Å²) < 4.78 is 5.60. The summed E-state index contributed by atoms with van der Waals surface area (Å²) in [6.45, 7) is 0.695. The molecule has 1 aliphatic rings. The number of benzene rings is 1. The van der Waals surface area contributed by atoms with Crippen molar-refractivity contribution >= 4 is 17.4 Å². The molecule has 0 atom stereocenters. The minimum absolute atomic E-state index is 0.0115. The molecule has 0 bridgehead atoms. The number of nitrogens with two attached hydrogens (primary N) is 1. The molecule has 0 aromatic heterocycles. The summed E-state index contributed by atoms with van der Waals surface area (Å²) in [5.41, 5.74) is 6.06. The van der Waals surface area contributed by atoms with Gasteiger partial charge in [0, 0.05) is 5.02 Å². The van der Waals surface area contributed by atoms with E-state index < -0.39 is 0 Å². The summed E-state index contributed by atoms with van der Waals surface area (Å²) in [5.74, 6) is 1.29. The zero-order valence-corrected chi connectivity index (χ0v) is 9.05. The van der Waals surface area contributed by atoms with Gasteiger partial charge in [0.2, 0.25) is 0 Å². The zero-order chi connectivity index (χ0) is 10.8. The first-order chi connectivity index (χ1) is 7.16. The molecular formula is C11H13ClN2O. The number of halogens is 1. The standard InChI is InChI=1S/C11H13ClN2O/c12-8-3-4-9(11(13)14)10(5-8)15-6-7-1-2-7/h3-5,7H,1-2,6H2,(H3,13,14). The average molecular weight is 225 g/mol. The van der Waals surface area contributed by atoms with Gasteiger partial charge >= 0.3 is 0 Å². The van der Waals surface area contributed by atoms with Crippen LogP contribution >= 0.6 is 11.6 Å². The molecule has 0 unspecified atom stereocenters. The largest absolute Gasteiger partial charge is 0.492 e. The lowest BCUT2D eigenvalue weighted by molar-refractivity contribution is 0.299. The van der Waals surface area contributed by atoms with Gasteiger partial charge in [0.15, 0.2) is 0 Å². The predicted octanol–water partition coefficient (Wildman–Crippen LogP) is 2.41. The van der Waals surface area contributed by atoms with Crippen LogP contribution in [0.3, 0.4) is 0 Å². The van der Waals surface area contributed by atoms with Gasteiger partial charge in [-0.2, -0.15) is 0 Å². The third kappa shape index (κ3) is 2.63. The molecule has 1 saturated carbocycles. The second kappa shape index (κ2) is 4.11. The fraction of sp³-hybridized carbons (Fsp3) is 0.364. The monoisotopic (exact) mass is 224 g/mol. The van der Waals surface area contributed by atoms with Crippen molar-refractivity contribution in [3.05, 3.63) is 28.8 Å². The quantitative estimate of drug-likeness (QED) is 0.610. The van der Waals surface area contributed by atoms with Crippen molar-refractivity contribution in [1.82, 2.24) is 0 Å². The molecule has 4 heteroatoms. The third-order valence-corrected chi connectivity index (χ3v) is 2.64. The second-order valence-electron chi connectivity index (χ2n) is 3.81. The smallest absolute Gasteiger partial charge is 0.131 e. The highest BCUT2D eigenvalue weighted by atomic mass is 35.5. The maximum atomic E-state index is 7.40. The number of amidine groups is 1. The molecular weight excluding hydrogens is 212 g/mol. The van der Waals surface area contributed by atoms with Gasteiger partial charge in [0.1, 0.15) is 11.6 Å². The van der Waals surface area contributed by atoms with E-state index in [1.165, 1.54) is 12.8 Å². The third-order valence-electron chi connectivity index (χ3n) is 2.41. The van der Waals surface area contributed by atoms with Crippen LogP contribution in [0.2, 0.25) is 5.02 Å². The molecule has 1 aliphatic carbocycles. The molecule has 1 fully saturated rings. The summed E-state index contributed by atoms with van der Waals surface area (Å²) in [6.07, 6.45) is 2.46. The molecule has 3 nitrogen and oxygen atoms in total. The first-order valence-electron chi connectivity index (χ1n) is 4.93. The van der Waals surface area contributed by atoms with Crippen molar-refractivity contribution in [2.45, 2.75) is 12.8 Å². The van der Waals surface area contributed by atoms with Crippen LogP contribution < -0.4 is 10.5 Å². The Balaban J connectivity index is 2.16. The van der Waals surface area contributed by atoms with E-state index in [2.05, 4.69) is 0 Å². The molecule has 80 valence electrons. The molecule has 0 radical (unpaired) electrons. The van der Waals surface area contributed by atoms with Crippen LogP contribution in [0, 0.1) is 11.3 Å². The summed E-state index contributed by atoms with van der Waals surface area (Å²) in [4.78, 5) is 0. The van der Waals surface area contributed by atoms with Gasteiger partial charge in [-0.05, 0) is 37.0 Å². The van der Waals surface area contributed by atoms with Crippen LogP contribution in [-0.2, 0) is 0 Å². The number of hydrogen-bond acceptors (Lipinski definition) is 2. The molecule has 0 amide bonds. The van der Waals surface area contributed by atoms with Gasteiger partial charge in [0.25, 0.3) is 0 Å². The summed E-state index contributed by atoms with van der Waals surface area (Å²) in [7, 11) is 0. The van der Waals surface area contributed by atoms with Crippen molar-refractivity contribution in [3.8, 4) is 5.75 Å². The summed E-state index contributed by atoms with van der Waals surface area (Å²) >= 11 is 5.86. The Morgan fingerprint density at radius 3 is 2.87 bits per heavy atom. The summed E-state index contributed by atoms with van der Waals surface area (Å²) in [6, 6.07) is 5.13. The van der Waals surface area contributed by atoms with E-state index in [0.29, 0.717) is 28.9 Å². The zero-order valence-electron chi connectivity index (χ0n) is 8.29. The van der Waals surface area contributed by atoms with Crippen molar-refractivity contribution in [2.24, 2.45) is 11.7 Å². The molecule has 1 aromatic carbocycles. The fourth-order valence-corrected chi connectivity index (χ4v) is 1.49. The molecule has 0 heterocycles. The maximum absolute atomic E-state index is 7.40. The van der Waals surface area contributed by atoms with Crippen LogP contribution in [0.25, 0.3) is 0 Å². The number of hydrogen-bond donors (Lipinski definition) is 2. The Morgan fingerprint density at radius 1 is 1.53 bits per heavy atom. The van der Waals surface area contributed by atoms with E-state index in [1.807, 2.05) is 0 Å². The van der Waals surface area contributed by atoms with Gasteiger partial charge in [-0.25, -0.2) is 0 Å². The molecule has 15 heavy (non-hydrogen) atoms. The lowest BCUT2D eigenvalue weighted by Crippen LogP contribution is -2.13. The fourth-order valence-electron chi connectivity index (χ4n) is 1.33. The predicted molar refractivity (Wildman–Crippen MR) is 60.7 cm³/mol. The van der Waals surface area contributed by atoms with Gasteiger partial charge < -0.3 is 10.5 Å². The van der Waals surface area contributed by atoms with Crippen LogP contribution in [0.1, 0.15) is 18.4 Å². The Morgan fingerprint density at radius 2 is 2.27 bits per heavy atom. The van der Waals surface area contributed by atoms with E-state index in [9.17, 15) is 0 Å². The van der Waals surface area contributed by atoms with Crippen molar-refractivity contribution in [1.29, 1.82) is 5.41 Å². The van der Waals surface area contributed by atoms with Crippen LogP contribution in [-0.4, -0.2) is 12.4 Å². The average Bonchev–Trinajstić information content (AvgIpc) is 2.97. The number of ether oxygens (including phenoxy) is 1. The van der Waals surface area contributed by atoms with Crippen molar-refractivity contribution in [2.75, 3.05) is 6.61 Å². The molecule has 0 saturated heterocycles. The van der Waals surface area contributed by atoms with E-state index >= 15 is 0 Å². The lowest BCUT2D eigenvalue weighted by Gasteiger charge is -2.10. The van der Waals surface area contributed by atoms with Crippen LogP contribution in [0.5, 0.6) is 5.75 Å². The van der Waals surface area contributed by atoms with Gasteiger partial charge in [-0.15, -0.1) is 0 Å². The molecule has 1 aromatic rings.